The van der Waals surface area contributed by atoms with E-state index in [1.54, 1.807) is 7.05 Å². The molecule has 124 valence electrons. The van der Waals surface area contributed by atoms with Crippen molar-refractivity contribution in [3.05, 3.63) is 11.4 Å². The van der Waals surface area contributed by atoms with Crippen LogP contribution in [0.3, 0.4) is 0 Å². The number of guanidine groups is 1. The second-order valence-electron chi connectivity index (χ2n) is 6.48. The van der Waals surface area contributed by atoms with E-state index < -0.39 is 18.2 Å². The molecule has 23 heavy (non-hydrogen) atoms. The van der Waals surface area contributed by atoms with Gasteiger partial charge in [-0.3, -0.25) is 15.0 Å². The number of carbonyl (C=O) groups is 2. The molecule has 0 spiro atoms. The third-order valence-electron chi connectivity index (χ3n) is 5.18. The fourth-order valence-corrected chi connectivity index (χ4v) is 3.74. The number of nitrogens with one attached hydrogen (secondary N) is 1. The second-order valence-corrected chi connectivity index (χ2v) is 6.48. The number of rotatable bonds is 2. The number of carbonyl (C=O) groups excluding carboxylic acids is 2. The minimum atomic E-state index is -0.489. The van der Waals surface area contributed by atoms with Gasteiger partial charge < -0.3 is 14.5 Å². The summed E-state index contributed by atoms with van der Waals surface area (Å²) in [4.78, 5) is 34.4. The van der Waals surface area contributed by atoms with Crippen molar-refractivity contribution < 1.29 is 14.3 Å². The van der Waals surface area contributed by atoms with Crippen LogP contribution in [0.1, 0.15) is 26.7 Å². The van der Waals surface area contributed by atoms with Crippen molar-refractivity contribution in [2.45, 2.75) is 45.0 Å². The molecule has 0 aromatic heterocycles. The lowest BCUT2D eigenvalue weighted by atomic mass is 10.1. The Bertz CT molecular complexity index is 637. The molecule has 3 unspecified atom stereocenters. The van der Waals surface area contributed by atoms with Crippen molar-refractivity contribution in [2.24, 2.45) is 4.99 Å². The van der Waals surface area contributed by atoms with Crippen molar-refractivity contribution in [1.82, 2.24) is 20.0 Å². The van der Waals surface area contributed by atoms with Crippen LogP contribution in [0.15, 0.2) is 16.4 Å². The van der Waals surface area contributed by atoms with Crippen LogP contribution in [-0.4, -0.2) is 71.1 Å². The van der Waals surface area contributed by atoms with Crippen molar-refractivity contribution in [1.29, 1.82) is 0 Å². The quantitative estimate of drug-likeness (QED) is 0.791. The highest BCUT2D eigenvalue weighted by Crippen LogP contribution is 2.36. The van der Waals surface area contributed by atoms with Crippen LogP contribution in [-0.2, 0) is 9.53 Å². The smallest absolute Gasteiger partial charge is 0.325 e. The summed E-state index contributed by atoms with van der Waals surface area (Å²) in [6.07, 6.45) is 1.85. The molecule has 0 saturated carbocycles. The molecule has 8 nitrogen and oxygen atoms in total. The lowest BCUT2D eigenvalue weighted by Gasteiger charge is -2.35. The first-order valence-electron chi connectivity index (χ1n) is 8.00. The second kappa shape index (κ2) is 4.95. The van der Waals surface area contributed by atoms with E-state index in [-0.39, 0.29) is 12.0 Å². The zero-order chi connectivity index (χ0) is 16.3. The van der Waals surface area contributed by atoms with Gasteiger partial charge in [0.25, 0.3) is 5.91 Å². The third-order valence-corrected chi connectivity index (χ3v) is 5.18. The van der Waals surface area contributed by atoms with Gasteiger partial charge in [-0.2, -0.15) is 0 Å². The van der Waals surface area contributed by atoms with Crippen molar-refractivity contribution in [3.63, 3.8) is 0 Å². The number of nitrogens with zero attached hydrogens (tertiary/aromatic N) is 4. The Morgan fingerprint density at radius 1 is 1.30 bits per heavy atom. The molecule has 4 aliphatic rings. The summed E-state index contributed by atoms with van der Waals surface area (Å²) < 4.78 is 5.74. The van der Waals surface area contributed by atoms with Crippen LogP contribution < -0.4 is 5.32 Å². The van der Waals surface area contributed by atoms with E-state index in [9.17, 15) is 9.59 Å². The number of likely N-dealkylation sites (N-methyl/N-ethyl adjacent to an activating group) is 1. The van der Waals surface area contributed by atoms with Gasteiger partial charge in [0.2, 0.25) is 5.96 Å². The molecule has 3 amide bonds. The number of hydrogen-bond donors (Lipinski definition) is 1. The third kappa shape index (κ3) is 1.97. The average Bonchev–Trinajstić information content (AvgIpc) is 3.20. The van der Waals surface area contributed by atoms with Crippen molar-refractivity contribution in [2.75, 3.05) is 20.2 Å². The summed E-state index contributed by atoms with van der Waals surface area (Å²) in [6.45, 7) is 5.57. The maximum atomic E-state index is 12.3. The summed E-state index contributed by atoms with van der Waals surface area (Å²) in [6, 6.07) is -0.886. The maximum absolute atomic E-state index is 12.3. The molecule has 3 atom stereocenters. The molecule has 0 aliphatic carbocycles. The monoisotopic (exact) mass is 319 g/mol. The number of hydrogen-bond acceptors (Lipinski definition) is 6. The number of amides is 3. The number of ether oxygens (including phenoxy) is 1. The summed E-state index contributed by atoms with van der Waals surface area (Å²) in [5.74, 6) is 0.463. The van der Waals surface area contributed by atoms with E-state index in [4.69, 9.17) is 9.73 Å². The Morgan fingerprint density at radius 3 is 2.78 bits per heavy atom. The van der Waals surface area contributed by atoms with E-state index in [1.807, 2.05) is 18.7 Å². The van der Waals surface area contributed by atoms with Crippen LogP contribution in [0.4, 0.5) is 4.79 Å². The topological polar surface area (TPSA) is 77.5 Å². The lowest BCUT2D eigenvalue weighted by Crippen LogP contribution is -2.63. The molecule has 0 aromatic rings. The summed E-state index contributed by atoms with van der Waals surface area (Å²) in [5.41, 5.74) is 2.09. The van der Waals surface area contributed by atoms with Gasteiger partial charge in [-0.1, -0.05) is 0 Å². The van der Waals surface area contributed by atoms with Crippen molar-refractivity contribution >= 4 is 17.9 Å². The Labute approximate surface area is 134 Å². The molecular formula is C15H21N5O3. The normalized spacial score (nSPS) is 33.3. The molecule has 2 saturated heterocycles. The summed E-state index contributed by atoms with van der Waals surface area (Å²) in [5, 5.41) is 2.40. The van der Waals surface area contributed by atoms with Gasteiger partial charge in [-0.25, -0.2) is 9.79 Å². The number of allylic oxidation sites excluding steroid dienone is 2. The molecule has 0 radical (unpaired) electrons. The van der Waals surface area contributed by atoms with Crippen LogP contribution in [0.2, 0.25) is 0 Å². The standard InChI is InChI=1S/C15H21N5O3/c1-8-9(2)20-11-12(18(3)15(22)17-13(11)21)16-14(20)19(8)7-10-5-4-6-23-10/h10-12H,4-7H2,1-3H3,(H,17,21,22). The van der Waals surface area contributed by atoms with E-state index in [2.05, 4.69) is 10.2 Å². The molecule has 8 heteroatoms. The number of fused-ring (bicyclic) bond motifs is 3. The van der Waals surface area contributed by atoms with Crippen LogP contribution in [0.5, 0.6) is 0 Å². The maximum Gasteiger partial charge on any atom is 0.325 e. The predicted octanol–water partition coefficient (Wildman–Crippen LogP) is 0.280. The molecule has 4 heterocycles. The fourth-order valence-electron chi connectivity index (χ4n) is 3.74. The predicted molar refractivity (Wildman–Crippen MR) is 82.2 cm³/mol. The Kier molecular flexibility index (Phi) is 3.12. The fraction of sp³-hybridized carbons (Fsp3) is 0.667. The number of imide groups is 1. The number of urea groups is 1. The molecule has 0 bridgehead atoms. The van der Waals surface area contributed by atoms with Gasteiger partial charge in [0.05, 0.1) is 12.6 Å². The first kappa shape index (κ1) is 14.5. The zero-order valence-corrected chi connectivity index (χ0v) is 13.6. The highest BCUT2D eigenvalue weighted by molar-refractivity contribution is 6.05. The van der Waals surface area contributed by atoms with Crippen LogP contribution in [0, 0.1) is 0 Å². The van der Waals surface area contributed by atoms with Crippen LogP contribution in [0.25, 0.3) is 0 Å². The summed E-state index contributed by atoms with van der Waals surface area (Å²) >= 11 is 0. The first-order chi connectivity index (χ1) is 11.0. The van der Waals surface area contributed by atoms with Gasteiger partial charge in [0, 0.05) is 25.0 Å². The van der Waals surface area contributed by atoms with E-state index in [0.29, 0.717) is 0 Å². The first-order valence-corrected chi connectivity index (χ1v) is 8.00. The van der Waals surface area contributed by atoms with E-state index >= 15 is 0 Å². The van der Waals surface area contributed by atoms with Crippen molar-refractivity contribution in [3.8, 4) is 0 Å². The van der Waals surface area contributed by atoms with E-state index in [0.717, 1.165) is 43.3 Å². The average molecular weight is 319 g/mol. The van der Waals surface area contributed by atoms with Gasteiger partial charge in [-0.05, 0) is 26.7 Å². The molecule has 1 N–H and O–H groups in total. The highest BCUT2D eigenvalue weighted by atomic mass is 16.5. The Hall–Kier alpha value is -2.09. The highest BCUT2D eigenvalue weighted by Gasteiger charge is 2.53. The molecule has 2 fully saturated rings. The SMILES string of the molecule is CC1=C(C)N2C(=NC3C2C(=O)NC(=O)N3C)N1CC1CCCO1. The van der Waals surface area contributed by atoms with Crippen LogP contribution >= 0.6 is 0 Å². The number of aliphatic imine (C=N–C) groups is 1. The minimum absolute atomic E-state index is 0.191. The minimum Gasteiger partial charge on any atom is -0.376 e. The van der Waals surface area contributed by atoms with Gasteiger partial charge in [0.15, 0.2) is 12.2 Å². The lowest BCUT2D eigenvalue weighted by molar-refractivity contribution is -0.126. The Morgan fingerprint density at radius 2 is 2.09 bits per heavy atom. The molecule has 4 rings (SSSR count). The summed E-state index contributed by atoms with van der Waals surface area (Å²) in [7, 11) is 1.67. The Balaban J connectivity index is 1.67. The largest absolute Gasteiger partial charge is 0.376 e. The molecule has 4 aliphatic heterocycles. The van der Waals surface area contributed by atoms with Gasteiger partial charge >= 0.3 is 6.03 Å². The van der Waals surface area contributed by atoms with Gasteiger partial charge in [-0.15, -0.1) is 0 Å². The molecular weight excluding hydrogens is 298 g/mol. The molecule has 0 aromatic carbocycles. The van der Waals surface area contributed by atoms with E-state index in [1.165, 1.54) is 4.90 Å². The van der Waals surface area contributed by atoms with Gasteiger partial charge in [0.1, 0.15) is 0 Å². The zero-order valence-electron chi connectivity index (χ0n) is 13.6.